The van der Waals surface area contributed by atoms with Crippen LogP contribution in [-0.2, 0) is 6.54 Å². The summed E-state index contributed by atoms with van der Waals surface area (Å²) in [6.45, 7) is 5.97. The Kier molecular flexibility index (Phi) is 5.32. The molecule has 1 N–H and O–H groups in total. The van der Waals surface area contributed by atoms with Crippen LogP contribution in [0.25, 0.3) is 0 Å². The molecule has 1 aromatic rings. The molecular weight excluding hydrogens is 256 g/mol. The summed E-state index contributed by atoms with van der Waals surface area (Å²) in [6, 6.07) is 12.4. The van der Waals surface area contributed by atoms with Crippen LogP contribution in [0.3, 0.4) is 0 Å². The third-order valence-electron chi connectivity index (χ3n) is 5.42. The van der Waals surface area contributed by atoms with Crippen LogP contribution < -0.4 is 5.32 Å². The van der Waals surface area contributed by atoms with Crippen molar-refractivity contribution >= 4 is 0 Å². The number of benzene rings is 1. The number of nitrogens with one attached hydrogen (secondary N) is 1. The van der Waals surface area contributed by atoms with Crippen molar-refractivity contribution < 1.29 is 0 Å². The molecule has 1 aliphatic carbocycles. The molecule has 116 valence electrons. The van der Waals surface area contributed by atoms with Crippen molar-refractivity contribution in [3.05, 3.63) is 35.9 Å². The van der Waals surface area contributed by atoms with Crippen molar-refractivity contribution in [1.29, 1.82) is 0 Å². The van der Waals surface area contributed by atoms with Crippen molar-refractivity contribution in [3.8, 4) is 0 Å². The van der Waals surface area contributed by atoms with E-state index in [9.17, 15) is 0 Å². The monoisotopic (exact) mass is 286 g/mol. The summed E-state index contributed by atoms with van der Waals surface area (Å²) in [7, 11) is 0. The van der Waals surface area contributed by atoms with Crippen molar-refractivity contribution in [2.24, 2.45) is 5.92 Å². The van der Waals surface area contributed by atoms with Gasteiger partial charge in [0.05, 0.1) is 0 Å². The van der Waals surface area contributed by atoms with E-state index in [0.29, 0.717) is 6.04 Å². The van der Waals surface area contributed by atoms with Crippen LogP contribution in [0.15, 0.2) is 30.3 Å². The summed E-state index contributed by atoms with van der Waals surface area (Å²) in [5.74, 6) is 0.882. The molecule has 2 aliphatic rings. The first-order valence-corrected chi connectivity index (χ1v) is 8.86. The van der Waals surface area contributed by atoms with Gasteiger partial charge in [-0.3, -0.25) is 4.90 Å². The number of nitrogens with zero attached hydrogens (tertiary/aromatic N) is 1. The van der Waals surface area contributed by atoms with Crippen LogP contribution in [0.4, 0.5) is 0 Å². The molecule has 1 heterocycles. The molecule has 2 unspecified atom stereocenters. The summed E-state index contributed by atoms with van der Waals surface area (Å²) in [5, 5.41) is 3.81. The molecule has 2 nitrogen and oxygen atoms in total. The van der Waals surface area contributed by atoms with Crippen molar-refractivity contribution in [2.45, 2.75) is 64.1 Å². The van der Waals surface area contributed by atoms with E-state index >= 15 is 0 Å². The maximum absolute atomic E-state index is 3.81. The van der Waals surface area contributed by atoms with Crippen LogP contribution in [0.1, 0.15) is 51.0 Å². The van der Waals surface area contributed by atoms with Crippen molar-refractivity contribution in [2.75, 3.05) is 13.1 Å². The quantitative estimate of drug-likeness (QED) is 0.885. The van der Waals surface area contributed by atoms with Crippen LogP contribution in [0.2, 0.25) is 0 Å². The fraction of sp³-hybridized carbons (Fsp3) is 0.684. The Morgan fingerprint density at radius 1 is 1.10 bits per heavy atom. The first-order valence-electron chi connectivity index (χ1n) is 8.86. The number of likely N-dealkylation sites (tertiary alicyclic amines) is 1. The molecule has 0 radical (unpaired) electrons. The highest BCUT2D eigenvalue weighted by molar-refractivity contribution is 5.14. The lowest BCUT2D eigenvalue weighted by Crippen LogP contribution is -2.51. The largest absolute Gasteiger partial charge is 0.309 e. The van der Waals surface area contributed by atoms with E-state index in [1.54, 1.807) is 0 Å². The van der Waals surface area contributed by atoms with E-state index in [1.807, 2.05) is 0 Å². The maximum atomic E-state index is 3.81. The van der Waals surface area contributed by atoms with E-state index in [1.165, 1.54) is 57.2 Å². The predicted octanol–water partition coefficient (Wildman–Crippen LogP) is 3.82. The molecular formula is C19H30N2. The van der Waals surface area contributed by atoms with Crippen molar-refractivity contribution in [3.63, 3.8) is 0 Å². The Balaban J connectivity index is 1.55. The Bertz CT molecular complexity index is 411. The van der Waals surface area contributed by atoms with Gasteiger partial charge >= 0.3 is 0 Å². The number of rotatable bonds is 5. The first kappa shape index (κ1) is 15.1. The van der Waals surface area contributed by atoms with E-state index in [0.717, 1.165) is 18.5 Å². The van der Waals surface area contributed by atoms with Gasteiger partial charge in [-0.25, -0.2) is 0 Å². The Labute approximate surface area is 129 Å². The summed E-state index contributed by atoms with van der Waals surface area (Å²) in [5.41, 5.74) is 1.41. The van der Waals surface area contributed by atoms with Crippen LogP contribution in [0, 0.1) is 5.92 Å². The smallest absolute Gasteiger partial charge is 0.0208 e. The molecule has 2 fully saturated rings. The molecule has 1 aromatic carbocycles. The Morgan fingerprint density at radius 3 is 2.57 bits per heavy atom. The Morgan fingerprint density at radius 2 is 1.86 bits per heavy atom. The van der Waals surface area contributed by atoms with Gasteiger partial charge in [0.25, 0.3) is 0 Å². The van der Waals surface area contributed by atoms with Gasteiger partial charge in [-0.1, -0.05) is 56.5 Å². The third kappa shape index (κ3) is 4.08. The second kappa shape index (κ2) is 7.42. The first-order chi connectivity index (χ1) is 10.3. The van der Waals surface area contributed by atoms with E-state index in [4.69, 9.17) is 0 Å². The summed E-state index contributed by atoms with van der Waals surface area (Å²) in [6.07, 6.45) is 8.43. The summed E-state index contributed by atoms with van der Waals surface area (Å²) in [4.78, 5) is 2.80. The highest BCUT2D eigenvalue weighted by Gasteiger charge is 2.31. The predicted molar refractivity (Wildman–Crippen MR) is 89.3 cm³/mol. The molecule has 1 aliphatic heterocycles. The summed E-state index contributed by atoms with van der Waals surface area (Å²) >= 11 is 0. The lowest BCUT2D eigenvalue weighted by atomic mass is 9.90. The van der Waals surface area contributed by atoms with Crippen LogP contribution >= 0.6 is 0 Å². The number of piperidine rings is 1. The average molecular weight is 286 g/mol. The topological polar surface area (TPSA) is 15.3 Å². The van der Waals surface area contributed by atoms with E-state index in [-0.39, 0.29) is 0 Å². The molecule has 2 heteroatoms. The lowest BCUT2D eigenvalue weighted by Gasteiger charge is -2.41. The van der Waals surface area contributed by atoms with E-state index < -0.39 is 0 Å². The Hall–Kier alpha value is -0.860. The van der Waals surface area contributed by atoms with Crippen LogP contribution in [-0.4, -0.2) is 30.1 Å². The lowest BCUT2D eigenvalue weighted by molar-refractivity contribution is 0.0967. The molecule has 0 aromatic heterocycles. The van der Waals surface area contributed by atoms with Crippen LogP contribution in [0.5, 0.6) is 0 Å². The zero-order valence-electron chi connectivity index (χ0n) is 13.4. The van der Waals surface area contributed by atoms with Gasteiger partial charge in [-0.15, -0.1) is 0 Å². The van der Waals surface area contributed by atoms with Gasteiger partial charge in [0.2, 0.25) is 0 Å². The molecule has 0 amide bonds. The second-order valence-corrected chi connectivity index (χ2v) is 6.97. The maximum Gasteiger partial charge on any atom is 0.0208 e. The molecule has 1 saturated heterocycles. The average Bonchev–Trinajstić information content (AvgIpc) is 3.08. The van der Waals surface area contributed by atoms with Crippen molar-refractivity contribution in [1.82, 2.24) is 10.2 Å². The van der Waals surface area contributed by atoms with Gasteiger partial charge in [-0.05, 0) is 30.7 Å². The minimum Gasteiger partial charge on any atom is -0.309 e. The normalized spacial score (nSPS) is 28.0. The molecule has 1 saturated carbocycles. The van der Waals surface area contributed by atoms with E-state index in [2.05, 4.69) is 47.5 Å². The fourth-order valence-corrected chi connectivity index (χ4v) is 4.11. The molecule has 0 bridgehead atoms. The number of hydrogen-bond acceptors (Lipinski definition) is 2. The molecule has 3 rings (SSSR count). The van der Waals surface area contributed by atoms with Gasteiger partial charge in [0, 0.05) is 31.7 Å². The molecule has 0 spiro atoms. The van der Waals surface area contributed by atoms with Gasteiger partial charge < -0.3 is 5.32 Å². The minimum absolute atomic E-state index is 0.671. The minimum atomic E-state index is 0.671. The molecule has 21 heavy (non-hydrogen) atoms. The SMILES string of the molecule is CCC1CC(NCc2ccccc2)CN(C2CCCC2)C1. The highest BCUT2D eigenvalue weighted by Crippen LogP contribution is 2.29. The zero-order valence-corrected chi connectivity index (χ0v) is 13.4. The molecule has 2 atom stereocenters. The standard InChI is InChI=1S/C19H30N2/c1-2-16-12-18(20-13-17-8-4-3-5-9-17)15-21(14-16)19-10-6-7-11-19/h3-5,8-9,16,18-20H,2,6-7,10-15H2,1H3. The van der Waals surface area contributed by atoms with Gasteiger partial charge in [-0.2, -0.15) is 0 Å². The highest BCUT2D eigenvalue weighted by atomic mass is 15.2. The number of hydrogen-bond donors (Lipinski definition) is 1. The van der Waals surface area contributed by atoms with Gasteiger partial charge in [0.15, 0.2) is 0 Å². The zero-order chi connectivity index (χ0) is 14.5. The van der Waals surface area contributed by atoms with Gasteiger partial charge in [0.1, 0.15) is 0 Å². The summed E-state index contributed by atoms with van der Waals surface area (Å²) < 4.78 is 0. The third-order valence-corrected chi connectivity index (χ3v) is 5.42. The fourth-order valence-electron chi connectivity index (χ4n) is 4.11. The second-order valence-electron chi connectivity index (χ2n) is 6.97.